The van der Waals surface area contributed by atoms with Crippen molar-refractivity contribution < 1.29 is 0 Å². The van der Waals surface area contributed by atoms with Crippen LogP contribution in [-0.2, 0) is 0 Å². The van der Waals surface area contributed by atoms with Gasteiger partial charge >= 0.3 is 0 Å². The van der Waals surface area contributed by atoms with Gasteiger partial charge in [-0.15, -0.1) is 0 Å². The number of nitrogens with zero attached hydrogens (tertiary/aromatic N) is 1. The van der Waals surface area contributed by atoms with E-state index in [9.17, 15) is 0 Å². The van der Waals surface area contributed by atoms with Gasteiger partial charge in [0.05, 0.1) is 0 Å². The molecular weight excluding hydrogens is 322 g/mol. The summed E-state index contributed by atoms with van der Waals surface area (Å²) in [5.41, 5.74) is 0. The number of likely N-dealkylation sites (tertiary alicyclic amines) is 1. The van der Waals surface area contributed by atoms with Crippen LogP contribution in [0.15, 0.2) is 0 Å². The first-order chi connectivity index (χ1) is 10.2. The van der Waals surface area contributed by atoms with Gasteiger partial charge in [0, 0.05) is 4.83 Å². The Balaban J connectivity index is 1.83. The topological polar surface area (TPSA) is 3.24 Å². The Hall–Kier alpha value is 0.440. The molecule has 0 amide bonds. The van der Waals surface area contributed by atoms with Gasteiger partial charge < -0.3 is 4.90 Å². The molecule has 0 aliphatic carbocycles. The molecule has 0 aromatic rings. The summed E-state index contributed by atoms with van der Waals surface area (Å²) in [5, 5.41) is 0. The Labute approximate surface area is 142 Å². The van der Waals surface area contributed by atoms with Crippen molar-refractivity contribution in [1.82, 2.24) is 4.90 Å². The van der Waals surface area contributed by atoms with Crippen molar-refractivity contribution in [2.75, 3.05) is 19.6 Å². The number of alkyl halides is 1. The van der Waals surface area contributed by atoms with E-state index in [1.165, 1.54) is 96.7 Å². The molecule has 1 fully saturated rings. The van der Waals surface area contributed by atoms with Crippen LogP contribution in [0, 0.1) is 5.92 Å². The SMILES string of the molecule is CCCCCCCCCCCCN1CCC(C(C)Br)CC1. The highest BCUT2D eigenvalue weighted by Gasteiger charge is 2.21. The molecule has 1 atom stereocenters. The fourth-order valence-corrected chi connectivity index (χ4v) is 3.99. The second-order valence-electron chi connectivity index (χ2n) is 7.04. The molecule has 2 heteroatoms. The van der Waals surface area contributed by atoms with E-state index in [2.05, 4.69) is 34.7 Å². The second kappa shape index (κ2) is 12.9. The van der Waals surface area contributed by atoms with Crippen molar-refractivity contribution in [3.8, 4) is 0 Å². The number of unbranched alkanes of at least 4 members (excludes halogenated alkanes) is 9. The van der Waals surface area contributed by atoms with E-state index < -0.39 is 0 Å². The summed E-state index contributed by atoms with van der Waals surface area (Å²) >= 11 is 3.74. The van der Waals surface area contributed by atoms with Crippen molar-refractivity contribution in [3.63, 3.8) is 0 Å². The summed E-state index contributed by atoms with van der Waals surface area (Å²) < 4.78 is 0. The van der Waals surface area contributed by atoms with Gasteiger partial charge in [-0.2, -0.15) is 0 Å². The Morgan fingerprint density at radius 3 is 1.81 bits per heavy atom. The smallest absolute Gasteiger partial charge is 0.0146 e. The maximum absolute atomic E-state index is 3.74. The lowest BCUT2D eigenvalue weighted by Crippen LogP contribution is -2.36. The van der Waals surface area contributed by atoms with Crippen molar-refractivity contribution in [2.45, 2.75) is 95.7 Å². The van der Waals surface area contributed by atoms with Gasteiger partial charge in [0.15, 0.2) is 0 Å². The van der Waals surface area contributed by atoms with Crippen LogP contribution in [0.4, 0.5) is 0 Å². The monoisotopic (exact) mass is 359 g/mol. The Morgan fingerprint density at radius 2 is 1.33 bits per heavy atom. The minimum atomic E-state index is 0.706. The maximum atomic E-state index is 3.74. The van der Waals surface area contributed by atoms with E-state index in [0.29, 0.717) is 4.83 Å². The highest BCUT2D eigenvalue weighted by molar-refractivity contribution is 9.09. The summed E-state index contributed by atoms with van der Waals surface area (Å²) in [7, 11) is 0. The van der Waals surface area contributed by atoms with Gasteiger partial charge in [-0.25, -0.2) is 0 Å². The molecule has 126 valence electrons. The molecule has 1 heterocycles. The van der Waals surface area contributed by atoms with Gasteiger partial charge in [-0.1, -0.05) is 87.6 Å². The summed E-state index contributed by atoms with van der Waals surface area (Å²) in [6.45, 7) is 8.61. The molecule has 1 aliphatic heterocycles. The van der Waals surface area contributed by atoms with Crippen LogP contribution in [0.5, 0.6) is 0 Å². The van der Waals surface area contributed by atoms with Crippen LogP contribution in [-0.4, -0.2) is 29.4 Å². The average molecular weight is 360 g/mol. The lowest BCUT2D eigenvalue weighted by Gasteiger charge is -2.33. The lowest BCUT2D eigenvalue weighted by atomic mass is 9.94. The summed E-state index contributed by atoms with van der Waals surface area (Å²) in [5.74, 6) is 0.911. The van der Waals surface area contributed by atoms with E-state index in [4.69, 9.17) is 0 Å². The average Bonchev–Trinajstić information content (AvgIpc) is 2.49. The first-order valence-electron chi connectivity index (χ1n) is 9.60. The number of piperidine rings is 1. The predicted octanol–water partition coefficient (Wildman–Crippen LogP) is 6.40. The predicted molar refractivity (Wildman–Crippen MR) is 99.4 cm³/mol. The van der Waals surface area contributed by atoms with E-state index in [1.807, 2.05) is 0 Å². The van der Waals surface area contributed by atoms with Crippen molar-refractivity contribution >= 4 is 15.9 Å². The largest absolute Gasteiger partial charge is 0.303 e. The van der Waals surface area contributed by atoms with Crippen molar-refractivity contribution in [1.29, 1.82) is 0 Å². The van der Waals surface area contributed by atoms with E-state index in [-0.39, 0.29) is 0 Å². The normalized spacial score (nSPS) is 19.0. The molecule has 1 nitrogen and oxygen atoms in total. The molecule has 1 unspecified atom stereocenters. The number of halogens is 1. The molecule has 0 radical (unpaired) electrons. The van der Waals surface area contributed by atoms with Crippen LogP contribution in [0.25, 0.3) is 0 Å². The van der Waals surface area contributed by atoms with Crippen LogP contribution in [0.2, 0.25) is 0 Å². The summed E-state index contributed by atoms with van der Waals surface area (Å²) in [6, 6.07) is 0. The quantitative estimate of drug-likeness (QED) is 0.287. The molecule has 0 bridgehead atoms. The lowest BCUT2D eigenvalue weighted by molar-refractivity contribution is 0.182. The van der Waals surface area contributed by atoms with Crippen LogP contribution >= 0.6 is 15.9 Å². The second-order valence-corrected chi connectivity index (χ2v) is 8.48. The first-order valence-corrected chi connectivity index (χ1v) is 10.5. The standard InChI is InChI=1S/C19H38BrN/c1-3-4-5-6-7-8-9-10-11-12-15-21-16-13-19(14-17-21)18(2)20/h18-19H,3-17H2,1-2H3. The van der Waals surface area contributed by atoms with E-state index in [1.54, 1.807) is 0 Å². The van der Waals surface area contributed by atoms with Crippen LogP contribution in [0.3, 0.4) is 0 Å². The highest BCUT2D eigenvalue weighted by Crippen LogP contribution is 2.25. The molecule has 0 N–H and O–H groups in total. The van der Waals surface area contributed by atoms with Crippen molar-refractivity contribution in [3.05, 3.63) is 0 Å². The summed E-state index contributed by atoms with van der Waals surface area (Å²) in [6.07, 6.45) is 17.3. The third-order valence-corrected chi connectivity index (χ3v) is 5.86. The Kier molecular flexibility index (Phi) is 12.0. The van der Waals surface area contributed by atoms with Gasteiger partial charge in [0.25, 0.3) is 0 Å². The molecule has 0 aromatic heterocycles. The van der Waals surface area contributed by atoms with E-state index >= 15 is 0 Å². The maximum Gasteiger partial charge on any atom is 0.0146 e. The zero-order valence-corrected chi connectivity index (χ0v) is 16.2. The number of hydrogen-bond donors (Lipinski definition) is 0. The van der Waals surface area contributed by atoms with Gasteiger partial charge in [-0.3, -0.25) is 0 Å². The zero-order valence-electron chi connectivity index (χ0n) is 14.6. The van der Waals surface area contributed by atoms with E-state index in [0.717, 1.165) is 5.92 Å². The third-order valence-electron chi connectivity index (χ3n) is 5.11. The van der Waals surface area contributed by atoms with Crippen molar-refractivity contribution in [2.24, 2.45) is 5.92 Å². The molecule has 1 saturated heterocycles. The minimum absolute atomic E-state index is 0.706. The summed E-state index contributed by atoms with van der Waals surface area (Å²) in [4.78, 5) is 3.40. The molecular formula is C19H38BrN. The highest BCUT2D eigenvalue weighted by atomic mass is 79.9. The van der Waals surface area contributed by atoms with Crippen LogP contribution < -0.4 is 0 Å². The molecule has 0 saturated carbocycles. The molecule has 0 spiro atoms. The number of hydrogen-bond acceptors (Lipinski definition) is 1. The number of rotatable bonds is 12. The van der Waals surface area contributed by atoms with Gasteiger partial charge in [-0.05, 0) is 44.8 Å². The fourth-order valence-electron chi connectivity index (χ4n) is 3.46. The Morgan fingerprint density at radius 1 is 0.857 bits per heavy atom. The molecule has 1 rings (SSSR count). The molecule has 1 aliphatic rings. The zero-order chi connectivity index (χ0) is 15.3. The van der Waals surface area contributed by atoms with Gasteiger partial charge in [0.2, 0.25) is 0 Å². The van der Waals surface area contributed by atoms with Gasteiger partial charge in [0.1, 0.15) is 0 Å². The Bertz CT molecular complexity index is 222. The minimum Gasteiger partial charge on any atom is -0.303 e. The third kappa shape index (κ3) is 9.94. The molecule has 21 heavy (non-hydrogen) atoms. The fraction of sp³-hybridized carbons (Fsp3) is 1.00. The molecule has 0 aromatic carbocycles. The van der Waals surface area contributed by atoms with Crippen LogP contribution in [0.1, 0.15) is 90.9 Å². The first kappa shape index (κ1) is 19.5.